The largest absolute Gasteiger partial charge is 0.527 e. The zero-order chi connectivity index (χ0) is 9.98. The summed E-state index contributed by atoms with van der Waals surface area (Å²) in [5, 5.41) is 8.07. The van der Waals surface area contributed by atoms with Gasteiger partial charge in [-0.1, -0.05) is 13.8 Å². The first-order valence-electron chi connectivity index (χ1n) is 3.96. The van der Waals surface area contributed by atoms with Gasteiger partial charge >= 0.3 is 8.93 Å². The third-order valence-corrected chi connectivity index (χ3v) is 1.70. The van der Waals surface area contributed by atoms with E-state index >= 15 is 0 Å². The van der Waals surface area contributed by atoms with Crippen LogP contribution in [0.4, 0.5) is 0 Å². The lowest BCUT2D eigenvalue weighted by Crippen LogP contribution is -1.92. The Bertz CT molecular complexity index is 152. The van der Waals surface area contributed by atoms with Crippen molar-refractivity contribution in [2.45, 2.75) is 33.2 Å². The molecule has 0 aliphatic rings. The SMILES string of the molecule is CC(C)CCC#N.CO[Si](C)=O. The molecule has 0 atom stereocenters. The zero-order valence-electron chi connectivity index (χ0n) is 8.26. The van der Waals surface area contributed by atoms with Crippen LogP contribution in [0.1, 0.15) is 26.7 Å². The Labute approximate surface area is 76.1 Å². The van der Waals surface area contributed by atoms with Crippen LogP contribution in [-0.4, -0.2) is 16.0 Å². The Morgan fingerprint density at radius 1 is 1.58 bits per heavy atom. The van der Waals surface area contributed by atoms with E-state index in [2.05, 4.69) is 24.3 Å². The Morgan fingerprint density at radius 2 is 2.00 bits per heavy atom. The predicted molar refractivity (Wildman–Crippen MR) is 49.0 cm³/mol. The van der Waals surface area contributed by atoms with Crippen molar-refractivity contribution in [1.29, 1.82) is 5.26 Å². The standard InChI is InChI=1S/C6H11N.C2H6O2Si/c1-6(2)4-3-5-7;1-4-5(2)3/h6H,3-4H2,1-2H3;1-2H3. The summed E-state index contributed by atoms with van der Waals surface area (Å²) in [6.07, 6.45) is 1.74. The average Bonchev–Trinajstić information content (AvgIpc) is 2.02. The van der Waals surface area contributed by atoms with Gasteiger partial charge in [0.15, 0.2) is 0 Å². The molecule has 70 valence electrons. The zero-order valence-corrected chi connectivity index (χ0v) is 9.26. The van der Waals surface area contributed by atoms with Gasteiger partial charge in [-0.05, 0) is 12.3 Å². The van der Waals surface area contributed by atoms with E-state index in [9.17, 15) is 4.46 Å². The van der Waals surface area contributed by atoms with Gasteiger partial charge in [-0.25, -0.2) is 0 Å². The summed E-state index contributed by atoms with van der Waals surface area (Å²) in [4.78, 5) is 0. The molecule has 0 bridgehead atoms. The molecule has 0 aliphatic heterocycles. The fourth-order valence-electron chi connectivity index (χ4n) is 0.353. The van der Waals surface area contributed by atoms with E-state index in [-0.39, 0.29) is 0 Å². The van der Waals surface area contributed by atoms with Crippen molar-refractivity contribution in [3.05, 3.63) is 0 Å². The maximum Gasteiger partial charge on any atom is 0.498 e. The lowest BCUT2D eigenvalue weighted by atomic mass is 10.1. The van der Waals surface area contributed by atoms with Crippen LogP contribution in [0.3, 0.4) is 0 Å². The molecule has 0 spiro atoms. The van der Waals surface area contributed by atoms with Gasteiger partial charge < -0.3 is 8.89 Å². The van der Waals surface area contributed by atoms with Gasteiger partial charge in [-0.15, -0.1) is 0 Å². The molecule has 0 radical (unpaired) electrons. The Kier molecular flexibility index (Phi) is 11.9. The minimum atomic E-state index is -1.62. The summed E-state index contributed by atoms with van der Waals surface area (Å²) < 4.78 is 14.1. The summed E-state index contributed by atoms with van der Waals surface area (Å²) in [6.45, 7) is 5.79. The second-order valence-electron chi connectivity index (χ2n) is 2.79. The van der Waals surface area contributed by atoms with E-state index in [1.54, 1.807) is 6.55 Å². The van der Waals surface area contributed by atoms with Crippen molar-refractivity contribution >= 4 is 8.93 Å². The van der Waals surface area contributed by atoms with Crippen LogP contribution in [-0.2, 0) is 8.89 Å². The maximum absolute atomic E-state index is 9.78. The van der Waals surface area contributed by atoms with E-state index in [4.69, 9.17) is 5.26 Å². The highest BCUT2D eigenvalue weighted by atomic mass is 28.3. The van der Waals surface area contributed by atoms with Gasteiger partial charge in [0, 0.05) is 13.0 Å². The number of hydrogen-bond acceptors (Lipinski definition) is 3. The molecule has 4 heteroatoms. The van der Waals surface area contributed by atoms with Crippen molar-refractivity contribution in [3.63, 3.8) is 0 Å². The van der Waals surface area contributed by atoms with Gasteiger partial charge in [0.2, 0.25) is 0 Å². The quantitative estimate of drug-likeness (QED) is 0.636. The molecule has 0 aromatic heterocycles. The average molecular weight is 187 g/mol. The Hall–Kier alpha value is -0.693. The summed E-state index contributed by atoms with van der Waals surface area (Å²) in [6, 6.07) is 2.10. The lowest BCUT2D eigenvalue weighted by Gasteiger charge is -1.94. The topological polar surface area (TPSA) is 50.1 Å². The van der Waals surface area contributed by atoms with Crippen LogP contribution in [0, 0.1) is 17.2 Å². The second-order valence-corrected chi connectivity index (χ2v) is 4.18. The van der Waals surface area contributed by atoms with Gasteiger partial charge in [0.05, 0.1) is 13.2 Å². The molecule has 0 aliphatic carbocycles. The summed E-state index contributed by atoms with van der Waals surface area (Å²) in [5.74, 6) is 0.680. The first kappa shape index (κ1) is 13.9. The number of nitrogens with zero attached hydrogens (tertiary/aromatic N) is 1. The number of rotatable bonds is 3. The van der Waals surface area contributed by atoms with Gasteiger partial charge in [0.1, 0.15) is 0 Å². The van der Waals surface area contributed by atoms with Gasteiger partial charge in [-0.2, -0.15) is 5.26 Å². The minimum Gasteiger partial charge on any atom is -0.527 e. The highest BCUT2D eigenvalue weighted by Crippen LogP contribution is 2.00. The molecule has 0 rings (SSSR count). The maximum atomic E-state index is 9.78. The normalized spacial score (nSPS) is 8.00. The number of hydrogen-bond donors (Lipinski definition) is 0. The molecule has 3 nitrogen and oxygen atoms in total. The van der Waals surface area contributed by atoms with Crippen molar-refractivity contribution in [3.8, 4) is 6.07 Å². The van der Waals surface area contributed by atoms with Crippen LogP contribution in [0.5, 0.6) is 0 Å². The highest BCUT2D eigenvalue weighted by molar-refractivity contribution is 6.32. The van der Waals surface area contributed by atoms with Crippen molar-refractivity contribution in [1.82, 2.24) is 0 Å². The predicted octanol–water partition coefficient (Wildman–Crippen LogP) is 2.13. The molecule has 0 aromatic carbocycles. The van der Waals surface area contributed by atoms with Crippen LogP contribution in [0.2, 0.25) is 6.55 Å². The molecule has 0 fully saturated rings. The molecule has 0 saturated heterocycles. The van der Waals surface area contributed by atoms with Crippen molar-refractivity contribution in [2.75, 3.05) is 7.11 Å². The Balaban J connectivity index is 0. The van der Waals surface area contributed by atoms with Gasteiger partial charge in [-0.3, -0.25) is 0 Å². The fourth-order valence-corrected chi connectivity index (χ4v) is 0.353. The molecular weight excluding hydrogens is 170 g/mol. The second kappa shape index (κ2) is 10.3. The van der Waals surface area contributed by atoms with E-state index in [0.717, 1.165) is 6.42 Å². The van der Waals surface area contributed by atoms with Crippen LogP contribution < -0.4 is 0 Å². The Morgan fingerprint density at radius 3 is 2.08 bits per heavy atom. The van der Waals surface area contributed by atoms with Crippen molar-refractivity contribution < 1.29 is 8.89 Å². The lowest BCUT2D eigenvalue weighted by molar-refractivity contribution is 0.370. The van der Waals surface area contributed by atoms with E-state index in [0.29, 0.717) is 12.3 Å². The summed E-state index contributed by atoms with van der Waals surface area (Å²) >= 11 is 0. The number of nitriles is 1. The molecule has 0 aromatic rings. The minimum absolute atomic E-state index is 0.680. The van der Waals surface area contributed by atoms with Crippen LogP contribution >= 0.6 is 0 Å². The van der Waals surface area contributed by atoms with Gasteiger partial charge in [0.25, 0.3) is 0 Å². The summed E-state index contributed by atoms with van der Waals surface area (Å²) in [7, 11) is -0.192. The smallest absolute Gasteiger partial charge is 0.498 e. The fraction of sp³-hybridized carbons (Fsp3) is 0.875. The van der Waals surface area contributed by atoms with E-state index in [1.165, 1.54) is 7.11 Å². The molecule has 0 N–H and O–H groups in total. The monoisotopic (exact) mass is 187 g/mol. The molecular formula is C8H17NO2Si. The van der Waals surface area contributed by atoms with Crippen molar-refractivity contribution in [2.24, 2.45) is 5.92 Å². The first-order valence-corrected chi connectivity index (χ1v) is 5.77. The first-order chi connectivity index (χ1) is 5.54. The third kappa shape index (κ3) is 22.8. The molecule has 0 unspecified atom stereocenters. The molecule has 12 heavy (non-hydrogen) atoms. The highest BCUT2D eigenvalue weighted by Gasteiger charge is 1.88. The van der Waals surface area contributed by atoms with E-state index in [1.807, 2.05) is 0 Å². The van der Waals surface area contributed by atoms with E-state index < -0.39 is 8.93 Å². The van der Waals surface area contributed by atoms with Crippen LogP contribution in [0.15, 0.2) is 0 Å². The van der Waals surface area contributed by atoms with Crippen LogP contribution in [0.25, 0.3) is 0 Å². The molecule has 0 saturated carbocycles. The molecule has 0 heterocycles. The molecule has 0 amide bonds. The summed E-state index contributed by atoms with van der Waals surface area (Å²) in [5.41, 5.74) is 0. The third-order valence-electron chi connectivity index (χ3n) is 1.12.